The molecule has 0 aromatic heterocycles. The van der Waals surface area contributed by atoms with Crippen LogP contribution < -0.4 is 14.4 Å². The van der Waals surface area contributed by atoms with Crippen molar-refractivity contribution in [3.63, 3.8) is 0 Å². The van der Waals surface area contributed by atoms with Crippen molar-refractivity contribution in [1.82, 2.24) is 4.90 Å². The van der Waals surface area contributed by atoms with E-state index in [1.165, 1.54) is 0 Å². The van der Waals surface area contributed by atoms with Gasteiger partial charge < -0.3 is 19.3 Å². The van der Waals surface area contributed by atoms with Crippen LogP contribution in [-0.4, -0.2) is 43.6 Å². The second kappa shape index (κ2) is 16.5. The van der Waals surface area contributed by atoms with Gasteiger partial charge >= 0.3 is 0 Å². The molecule has 3 aromatic rings. The fraction of sp³-hybridized carbons (Fsp3) is 0.424. The van der Waals surface area contributed by atoms with Gasteiger partial charge in [0.1, 0.15) is 18.1 Å². The summed E-state index contributed by atoms with van der Waals surface area (Å²) in [4.78, 5) is 17.6. The minimum Gasteiger partial charge on any atom is -0.494 e. The molecule has 0 bridgehead atoms. The summed E-state index contributed by atoms with van der Waals surface area (Å²) in [6.07, 6.45) is 4.20. The summed E-state index contributed by atoms with van der Waals surface area (Å²) < 4.78 is 11.8. The van der Waals surface area contributed by atoms with Gasteiger partial charge in [0.25, 0.3) is 0 Å². The molecule has 0 N–H and O–H groups in total. The highest BCUT2D eigenvalue weighted by Crippen LogP contribution is 2.22. The van der Waals surface area contributed by atoms with Crippen molar-refractivity contribution in [2.75, 3.05) is 37.7 Å². The topological polar surface area (TPSA) is 42.0 Å². The molecule has 38 heavy (non-hydrogen) atoms. The van der Waals surface area contributed by atoms with E-state index in [0.717, 1.165) is 73.8 Å². The molecule has 0 fully saturated rings. The molecule has 0 aliphatic carbocycles. The Morgan fingerprint density at radius 2 is 1.37 bits per heavy atom. The highest BCUT2D eigenvalue weighted by molar-refractivity contribution is 5.93. The van der Waals surface area contributed by atoms with Crippen LogP contribution in [0.1, 0.15) is 57.6 Å². The predicted molar refractivity (Wildman–Crippen MR) is 157 cm³/mol. The highest BCUT2D eigenvalue weighted by Gasteiger charge is 2.15. The van der Waals surface area contributed by atoms with Gasteiger partial charge in [0, 0.05) is 25.2 Å². The first-order valence-corrected chi connectivity index (χ1v) is 14.1. The van der Waals surface area contributed by atoms with Crippen molar-refractivity contribution in [2.45, 2.75) is 59.5 Å². The molecule has 3 aromatic carbocycles. The third kappa shape index (κ3) is 9.86. The summed E-state index contributed by atoms with van der Waals surface area (Å²) in [6, 6.07) is 26.2. The van der Waals surface area contributed by atoms with E-state index < -0.39 is 0 Å². The van der Waals surface area contributed by atoms with Crippen molar-refractivity contribution in [3.05, 3.63) is 90.0 Å². The third-order valence-electron chi connectivity index (χ3n) is 6.77. The Morgan fingerprint density at radius 3 is 2.03 bits per heavy atom. The summed E-state index contributed by atoms with van der Waals surface area (Å²) >= 11 is 0. The van der Waals surface area contributed by atoms with Crippen LogP contribution >= 0.6 is 0 Å². The number of ether oxygens (including phenoxy) is 2. The number of anilines is 1. The Bertz CT molecular complexity index is 1050. The van der Waals surface area contributed by atoms with E-state index in [0.29, 0.717) is 26.1 Å². The van der Waals surface area contributed by atoms with Gasteiger partial charge in [0.2, 0.25) is 5.91 Å². The van der Waals surface area contributed by atoms with Crippen LogP contribution in [0.25, 0.3) is 0 Å². The molecule has 0 aliphatic rings. The van der Waals surface area contributed by atoms with Gasteiger partial charge in [0.15, 0.2) is 0 Å². The van der Waals surface area contributed by atoms with Gasteiger partial charge in [-0.05, 0) is 79.9 Å². The number of rotatable bonds is 17. The molecular weight excluding hydrogens is 472 g/mol. The third-order valence-corrected chi connectivity index (χ3v) is 6.77. The zero-order valence-corrected chi connectivity index (χ0v) is 23.4. The monoisotopic (exact) mass is 516 g/mol. The van der Waals surface area contributed by atoms with E-state index >= 15 is 0 Å². The van der Waals surface area contributed by atoms with E-state index in [1.807, 2.05) is 59.5 Å². The van der Waals surface area contributed by atoms with Gasteiger partial charge in [-0.1, -0.05) is 69.7 Å². The minimum atomic E-state index is 0.149. The Morgan fingerprint density at radius 1 is 0.711 bits per heavy atom. The standard InChI is InChI=1S/C33H44N2O3/c1-4-7-25-35(30-17-21-31(22-18-30)37-26-11-24-34(5-2)6-3)33(36)23-16-28-14-19-32(20-15-28)38-27-29-12-9-8-10-13-29/h8-10,12-15,17-22H,4-7,11,16,23-27H2,1-3H3. The summed E-state index contributed by atoms with van der Waals surface area (Å²) in [6.45, 7) is 11.7. The maximum absolute atomic E-state index is 13.2. The summed E-state index contributed by atoms with van der Waals surface area (Å²) in [7, 11) is 0. The molecule has 0 spiro atoms. The Hall–Kier alpha value is -3.31. The number of hydrogen-bond acceptors (Lipinski definition) is 4. The molecule has 3 rings (SSSR count). The number of unbranched alkanes of at least 4 members (excludes halogenated alkanes) is 1. The van der Waals surface area contributed by atoms with Crippen LogP contribution in [-0.2, 0) is 17.8 Å². The predicted octanol–water partition coefficient (Wildman–Crippen LogP) is 7.14. The number of carbonyl (C=O) groups excluding carboxylic acids is 1. The molecule has 0 atom stereocenters. The van der Waals surface area contributed by atoms with Crippen molar-refractivity contribution in [1.29, 1.82) is 0 Å². The van der Waals surface area contributed by atoms with Crippen molar-refractivity contribution < 1.29 is 14.3 Å². The van der Waals surface area contributed by atoms with Crippen molar-refractivity contribution >= 4 is 11.6 Å². The largest absolute Gasteiger partial charge is 0.494 e. The van der Waals surface area contributed by atoms with Crippen LogP contribution in [0.5, 0.6) is 11.5 Å². The van der Waals surface area contributed by atoms with Crippen LogP contribution in [0.2, 0.25) is 0 Å². The first-order chi connectivity index (χ1) is 18.6. The SMILES string of the molecule is CCCCN(C(=O)CCc1ccc(OCc2ccccc2)cc1)c1ccc(OCCCN(CC)CC)cc1. The Labute approximate surface area is 229 Å². The maximum atomic E-state index is 13.2. The fourth-order valence-corrected chi connectivity index (χ4v) is 4.33. The van der Waals surface area contributed by atoms with E-state index in [4.69, 9.17) is 9.47 Å². The Kier molecular flexibility index (Phi) is 12.7. The lowest BCUT2D eigenvalue weighted by Gasteiger charge is -2.23. The minimum absolute atomic E-state index is 0.149. The quantitative estimate of drug-likeness (QED) is 0.179. The second-order valence-corrected chi connectivity index (χ2v) is 9.54. The number of hydrogen-bond donors (Lipinski definition) is 0. The molecule has 0 radical (unpaired) electrons. The van der Waals surface area contributed by atoms with Crippen molar-refractivity contribution in [3.8, 4) is 11.5 Å². The zero-order valence-electron chi connectivity index (χ0n) is 23.4. The lowest BCUT2D eigenvalue weighted by atomic mass is 10.1. The average Bonchev–Trinajstić information content (AvgIpc) is 2.97. The normalized spacial score (nSPS) is 10.9. The number of aryl methyl sites for hydroxylation is 1. The number of nitrogens with zero attached hydrogens (tertiary/aromatic N) is 2. The molecule has 1 amide bonds. The average molecular weight is 517 g/mol. The first kappa shape index (κ1) is 29.2. The van der Waals surface area contributed by atoms with Gasteiger partial charge in [0.05, 0.1) is 6.61 Å². The van der Waals surface area contributed by atoms with Gasteiger partial charge in [-0.25, -0.2) is 0 Å². The zero-order chi connectivity index (χ0) is 27.0. The molecule has 204 valence electrons. The molecular formula is C33H44N2O3. The van der Waals surface area contributed by atoms with E-state index in [9.17, 15) is 4.79 Å². The van der Waals surface area contributed by atoms with Gasteiger partial charge in [-0.3, -0.25) is 4.79 Å². The lowest BCUT2D eigenvalue weighted by molar-refractivity contribution is -0.118. The van der Waals surface area contributed by atoms with Crippen LogP contribution in [0, 0.1) is 0 Å². The summed E-state index contributed by atoms with van der Waals surface area (Å²) in [5.41, 5.74) is 3.21. The summed E-state index contributed by atoms with van der Waals surface area (Å²) in [5, 5.41) is 0. The van der Waals surface area contributed by atoms with Gasteiger partial charge in [-0.15, -0.1) is 0 Å². The van der Waals surface area contributed by atoms with Crippen molar-refractivity contribution in [2.24, 2.45) is 0 Å². The number of carbonyl (C=O) groups is 1. The number of benzene rings is 3. The fourth-order valence-electron chi connectivity index (χ4n) is 4.33. The smallest absolute Gasteiger partial charge is 0.227 e. The lowest BCUT2D eigenvalue weighted by Crippen LogP contribution is -2.32. The molecule has 0 aliphatic heterocycles. The summed E-state index contributed by atoms with van der Waals surface area (Å²) in [5.74, 6) is 1.84. The second-order valence-electron chi connectivity index (χ2n) is 9.54. The Balaban J connectivity index is 1.49. The van der Waals surface area contributed by atoms with Gasteiger partial charge in [-0.2, -0.15) is 0 Å². The highest BCUT2D eigenvalue weighted by atomic mass is 16.5. The van der Waals surface area contributed by atoms with E-state index in [1.54, 1.807) is 0 Å². The molecule has 5 heteroatoms. The first-order valence-electron chi connectivity index (χ1n) is 14.1. The van der Waals surface area contributed by atoms with Crippen LogP contribution in [0.15, 0.2) is 78.9 Å². The number of amides is 1. The van der Waals surface area contributed by atoms with E-state index in [-0.39, 0.29) is 5.91 Å². The van der Waals surface area contributed by atoms with Crippen LogP contribution in [0.4, 0.5) is 5.69 Å². The molecule has 0 saturated heterocycles. The molecule has 5 nitrogen and oxygen atoms in total. The molecule has 0 saturated carbocycles. The molecule has 0 heterocycles. The maximum Gasteiger partial charge on any atom is 0.227 e. The van der Waals surface area contributed by atoms with E-state index in [2.05, 4.69) is 49.9 Å². The van der Waals surface area contributed by atoms with Crippen LogP contribution in [0.3, 0.4) is 0 Å². The molecule has 0 unspecified atom stereocenters.